The summed E-state index contributed by atoms with van der Waals surface area (Å²) >= 11 is 1.48. The Hall–Kier alpha value is -0.580. The Morgan fingerprint density at radius 1 is 1.39 bits per heavy atom. The van der Waals surface area contributed by atoms with Gasteiger partial charge < -0.3 is 4.74 Å². The van der Waals surface area contributed by atoms with Crippen molar-refractivity contribution in [2.75, 3.05) is 0 Å². The number of halogens is 1. The molecule has 0 saturated heterocycles. The van der Waals surface area contributed by atoms with Crippen LogP contribution in [0, 0.1) is 5.41 Å². The lowest BCUT2D eigenvalue weighted by Crippen LogP contribution is -2.54. The number of hydrogen-bond acceptors (Lipinski definition) is 4. The zero-order chi connectivity index (χ0) is 16.3. The molecule has 2 atom stereocenters. The minimum Gasteiger partial charge on any atom is -0.415 e. The summed E-state index contributed by atoms with van der Waals surface area (Å²) in [5.41, 5.74) is -0.363. The van der Waals surface area contributed by atoms with Crippen molar-refractivity contribution >= 4 is 29.7 Å². The van der Waals surface area contributed by atoms with Crippen LogP contribution in [0.4, 0.5) is 0 Å². The fourth-order valence-corrected chi connectivity index (χ4v) is 4.69. The van der Waals surface area contributed by atoms with Gasteiger partial charge in [-0.25, -0.2) is 0 Å². The van der Waals surface area contributed by atoms with Crippen LogP contribution >= 0.6 is 23.7 Å². The molecule has 0 radical (unpaired) electrons. The zero-order valence-corrected chi connectivity index (χ0v) is 16.5. The van der Waals surface area contributed by atoms with Gasteiger partial charge in [-0.2, -0.15) is 0 Å². The molecular formula is C18H30ClNO2S. The normalized spacial score (nSPS) is 24.3. The molecule has 2 unspecified atom stereocenters. The third-order valence-electron chi connectivity index (χ3n) is 5.02. The molecule has 1 fully saturated rings. The van der Waals surface area contributed by atoms with Crippen LogP contribution in [-0.4, -0.2) is 29.0 Å². The van der Waals surface area contributed by atoms with Gasteiger partial charge in [-0.15, -0.1) is 23.7 Å². The van der Waals surface area contributed by atoms with Gasteiger partial charge in [0, 0.05) is 18.1 Å². The number of ether oxygens (including phenoxy) is 1. The monoisotopic (exact) mass is 359 g/mol. The van der Waals surface area contributed by atoms with Gasteiger partial charge in [0.2, 0.25) is 0 Å². The predicted molar refractivity (Wildman–Crippen MR) is 99.7 cm³/mol. The first kappa shape index (κ1) is 20.5. The quantitative estimate of drug-likeness (QED) is 0.658. The van der Waals surface area contributed by atoms with Crippen LogP contribution in [0.2, 0.25) is 0 Å². The van der Waals surface area contributed by atoms with Crippen molar-refractivity contribution in [1.82, 2.24) is 4.90 Å². The molecule has 1 aliphatic rings. The van der Waals surface area contributed by atoms with Crippen LogP contribution in [-0.2, 0) is 4.79 Å². The van der Waals surface area contributed by atoms with Crippen molar-refractivity contribution in [3.8, 4) is 5.06 Å². The van der Waals surface area contributed by atoms with Gasteiger partial charge in [0.1, 0.15) is 0 Å². The number of thiophene rings is 1. The van der Waals surface area contributed by atoms with E-state index in [4.69, 9.17) is 4.74 Å². The van der Waals surface area contributed by atoms with Crippen molar-refractivity contribution in [2.45, 2.75) is 78.4 Å². The van der Waals surface area contributed by atoms with E-state index >= 15 is 0 Å². The van der Waals surface area contributed by atoms with Gasteiger partial charge in [-0.05, 0) is 64.5 Å². The molecule has 1 saturated carbocycles. The minimum absolute atomic E-state index is 0. The summed E-state index contributed by atoms with van der Waals surface area (Å²) < 4.78 is 5.73. The second-order valence-electron chi connectivity index (χ2n) is 6.87. The molecule has 1 heterocycles. The van der Waals surface area contributed by atoms with Crippen molar-refractivity contribution < 1.29 is 9.53 Å². The van der Waals surface area contributed by atoms with E-state index < -0.39 is 0 Å². The molecule has 0 aromatic carbocycles. The molecule has 132 valence electrons. The highest BCUT2D eigenvalue weighted by Crippen LogP contribution is 2.46. The molecule has 2 rings (SSSR count). The molecule has 1 aromatic heterocycles. The number of esters is 1. The van der Waals surface area contributed by atoms with Crippen molar-refractivity contribution in [3.63, 3.8) is 0 Å². The van der Waals surface area contributed by atoms with Gasteiger partial charge in [0.25, 0.3) is 0 Å². The third kappa shape index (κ3) is 4.09. The topological polar surface area (TPSA) is 29.5 Å². The first-order valence-corrected chi connectivity index (χ1v) is 9.33. The molecule has 0 spiro atoms. The Morgan fingerprint density at radius 3 is 2.52 bits per heavy atom. The molecule has 1 aliphatic carbocycles. The summed E-state index contributed by atoms with van der Waals surface area (Å²) in [6.07, 6.45) is 3.98. The minimum atomic E-state index is -0.363. The Balaban J connectivity index is 0.00000264. The summed E-state index contributed by atoms with van der Waals surface area (Å²) in [5.74, 6) is -0.0359. The van der Waals surface area contributed by atoms with E-state index in [1.54, 1.807) is 0 Å². The summed E-state index contributed by atoms with van der Waals surface area (Å²) in [4.78, 5) is 15.5. The number of hydrogen-bond donors (Lipinski definition) is 0. The van der Waals surface area contributed by atoms with E-state index in [1.807, 2.05) is 17.5 Å². The van der Waals surface area contributed by atoms with Gasteiger partial charge >= 0.3 is 5.97 Å². The van der Waals surface area contributed by atoms with Crippen molar-refractivity contribution in [1.29, 1.82) is 0 Å². The summed E-state index contributed by atoms with van der Waals surface area (Å²) in [5, 5.41) is 2.66. The highest BCUT2D eigenvalue weighted by Gasteiger charge is 2.52. The largest absolute Gasteiger partial charge is 0.415 e. The van der Waals surface area contributed by atoms with Gasteiger partial charge in [0.05, 0.1) is 5.41 Å². The van der Waals surface area contributed by atoms with Crippen molar-refractivity contribution in [2.24, 2.45) is 5.41 Å². The van der Waals surface area contributed by atoms with E-state index in [1.165, 1.54) is 11.3 Å². The standard InChI is InChI=1S/C18H29NO2S.ClH/c1-6-18(17(20)21-16-10-8-12-22-16)11-7-9-15(18)19(13(2)3)14(4)5;/h8,10,12-15H,6-7,9,11H2,1-5H3;1H. The van der Waals surface area contributed by atoms with Crippen molar-refractivity contribution in [3.05, 3.63) is 17.5 Å². The number of carbonyl (C=O) groups is 1. The lowest BCUT2D eigenvalue weighted by Gasteiger charge is -2.44. The number of carbonyl (C=O) groups excluding carboxylic acids is 1. The lowest BCUT2D eigenvalue weighted by atomic mass is 9.78. The van der Waals surface area contributed by atoms with E-state index in [9.17, 15) is 4.79 Å². The van der Waals surface area contributed by atoms with Gasteiger partial charge in [0.15, 0.2) is 5.06 Å². The molecule has 0 N–H and O–H groups in total. The molecule has 1 aromatic rings. The summed E-state index contributed by atoms with van der Waals surface area (Å²) in [7, 11) is 0. The number of nitrogens with zero attached hydrogens (tertiary/aromatic N) is 1. The van der Waals surface area contributed by atoms with E-state index in [0.29, 0.717) is 17.1 Å². The second-order valence-corrected chi connectivity index (χ2v) is 7.78. The second kappa shape index (κ2) is 8.50. The van der Waals surface area contributed by atoms with Crippen LogP contribution < -0.4 is 4.74 Å². The average Bonchev–Trinajstić information content (AvgIpc) is 3.08. The lowest BCUT2D eigenvalue weighted by molar-refractivity contribution is -0.150. The van der Waals surface area contributed by atoms with Crippen LogP contribution in [0.1, 0.15) is 60.3 Å². The maximum absolute atomic E-state index is 13.0. The molecule has 0 amide bonds. The Morgan fingerprint density at radius 2 is 2.04 bits per heavy atom. The van der Waals surface area contributed by atoms with Gasteiger partial charge in [-0.1, -0.05) is 13.3 Å². The van der Waals surface area contributed by atoms with Crippen LogP contribution in [0.3, 0.4) is 0 Å². The average molecular weight is 360 g/mol. The van der Waals surface area contributed by atoms with Crippen LogP contribution in [0.15, 0.2) is 17.5 Å². The Kier molecular flexibility index (Phi) is 7.56. The molecule has 5 heteroatoms. The first-order valence-electron chi connectivity index (χ1n) is 8.45. The van der Waals surface area contributed by atoms with E-state index in [-0.39, 0.29) is 29.8 Å². The fourth-order valence-electron chi connectivity index (χ4n) is 4.11. The molecule has 0 aliphatic heterocycles. The predicted octanol–water partition coefficient (Wildman–Crippen LogP) is 5.14. The van der Waals surface area contributed by atoms with Gasteiger partial charge in [-0.3, -0.25) is 9.69 Å². The first-order chi connectivity index (χ1) is 10.4. The highest BCUT2D eigenvalue weighted by atomic mass is 35.5. The maximum Gasteiger partial charge on any atom is 0.319 e. The van der Waals surface area contributed by atoms with E-state index in [2.05, 4.69) is 39.5 Å². The van der Waals surface area contributed by atoms with E-state index in [0.717, 1.165) is 25.7 Å². The summed E-state index contributed by atoms with van der Waals surface area (Å²) in [6.45, 7) is 11.0. The summed E-state index contributed by atoms with van der Waals surface area (Å²) in [6, 6.07) is 4.95. The van der Waals surface area contributed by atoms with Crippen LogP contribution in [0.5, 0.6) is 5.06 Å². The third-order valence-corrected chi connectivity index (χ3v) is 5.76. The fraction of sp³-hybridized carbons (Fsp3) is 0.722. The Labute approximate surface area is 150 Å². The smallest absolute Gasteiger partial charge is 0.319 e. The molecular weight excluding hydrogens is 330 g/mol. The van der Waals surface area contributed by atoms with Crippen LogP contribution in [0.25, 0.3) is 0 Å². The Bertz CT molecular complexity index is 481. The SMILES string of the molecule is CCC1(C(=O)Oc2cccs2)CCCC1N(C(C)C)C(C)C.Cl. The molecule has 0 bridgehead atoms. The molecule has 3 nitrogen and oxygen atoms in total. The highest BCUT2D eigenvalue weighted by molar-refractivity contribution is 7.11. The molecule has 23 heavy (non-hydrogen) atoms. The maximum atomic E-state index is 13.0. The zero-order valence-electron chi connectivity index (χ0n) is 14.9. The number of rotatable bonds is 6.